The predicted octanol–water partition coefficient (Wildman–Crippen LogP) is 3.65. The summed E-state index contributed by atoms with van der Waals surface area (Å²) in [6.45, 7) is 11.1. The van der Waals surface area contributed by atoms with Gasteiger partial charge in [0.1, 0.15) is 0 Å². The molecule has 1 aliphatic carbocycles. The van der Waals surface area contributed by atoms with Crippen LogP contribution in [0, 0.1) is 10.8 Å². The monoisotopic (exact) mass is 278 g/mol. The molecule has 0 atom stereocenters. The summed E-state index contributed by atoms with van der Waals surface area (Å²) in [6.07, 6.45) is 7.16. The Bertz CT molecular complexity index is 418. The van der Waals surface area contributed by atoms with Crippen molar-refractivity contribution in [3.05, 3.63) is 24.2 Å². The van der Waals surface area contributed by atoms with Crippen LogP contribution in [0.2, 0.25) is 0 Å². The molecule has 0 amide bonds. The van der Waals surface area contributed by atoms with Crippen LogP contribution < -0.4 is 5.73 Å². The van der Waals surface area contributed by atoms with E-state index in [-0.39, 0.29) is 5.54 Å². The van der Waals surface area contributed by atoms with Gasteiger partial charge in [0.05, 0.1) is 12.5 Å². The first-order valence-corrected chi connectivity index (χ1v) is 7.61. The molecule has 1 fully saturated rings. The molecule has 0 spiro atoms. The fourth-order valence-corrected chi connectivity index (χ4v) is 4.66. The highest BCUT2D eigenvalue weighted by Gasteiger charge is 2.48. The van der Waals surface area contributed by atoms with E-state index in [4.69, 9.17) is 10.2 Å². The van der Waals surface area contributed by atoms with Crippen LogP contribution in [0.25, 0.3) is 0 Å². The third kappa shape index (κ3) is 3.26. The number of hydrogen-bond donors (Lipinski definition) is 1. The lowest BCUT2D eigenvalue weighted by Crippen LogP contribution is -2.59. The number of hydrogen-bond acceptors (Lipinski definition) is 3. The summed E-state index contributed by atoms with van der Waals surface area (Å²) in [5.41, 5.74) is 8.23. The molecule has 1 aromatic rings. The van der Waals surface area contributed by atoms with E-state index in [1.807, 2.05) is 12.3 Å². The molecule has 0 aliphatic heterocycles. The van der Waals surface area contributed by atoms with Crippen LogP contribution in [-0.2, 0) is 6.54 Å². The summed E-state index contributed by atoms with van der Waals surface area (Å²) < 4.78 is 5.19. The second kappa shape index (κ2) is 5.19. The van der Waals surface area contributed by atoms with Crippen molar-refractivity contribution in [2.75, 3.05) is 13.6 Å². The van der Waals surface area contributed by atoms with Crippen molar-refractivity contribution in [1.29, 1.82) is 0 Å². The number of nitrogens with two attached hydrogens (primary N) is 1. The molecule has 0 radical (unpaired) electrons. The molecule has 20 heavy (non-hydrogen) atoms. The molecule has 0 unspecified atom stereocenters. The van der Waals surface area contributed by atoms with Gasteiger partial charge in [0.15, 0.2) is 0 Å². The largest absolute Gasteiger partial charge is 0.472 e. The maximum Gasteiger partial charge on any atom is 0.0947 e. The minimum absolute atomic E-state index is 0.0858. The van der Waals surface area contributed by atoms with Crippen LogP contribution in [-0.4, -0.2) is 24.0 Å². The van der Waals surface area contributed by atoms with Crippen molar-refractivity contribution in [3.8, 4) is 0 Å². The highest BCUT2D eigenvalue weighted by molar-refractivity contribution is 5.09. The highest BCUT2D eigenvalue weighted by Crippen LogP contribution is 2.51. The van der Waals surface area contributed by atoms with E-state index in [1.165, 1.54) is 12.0 Å². The van der Waals surface area contributed by atoms with Crippen LogP contribution in [0.15, 0.2) is 23.0 Å². The fraction of sp³-hybridized carbons (Fsp3) is 0.765. The van der Waals surface area contributed by atoms with Crippen molar-refractivity contribution >= 4 is 0 Å². The van der Waals surface area contributed by atoms with Crippen molar-refractivity contribution in [3.63, 3.8) is 0 Å². The zero-order valence-electron chi connectivity index (χ0n) is 13.7. The molecule has 1 aromatic heterocycles. The van der Waals surface area contributed by atoms with Crippen LogP contribution in [0.3, 0.4) is 0 Å². The van der Waals surface area contributed by atoms with Gasteiger partial charge in [-0.15, -0.1) is 0 Å². The normalized spacial score (nSPS) is 23.9. The van der Waals surface area contributed by atoms with Crippen molar-refractivity contribution in [1.82, 2.24) is 4.90 Å². The fourth-order valence-electron chi connectivity index (χ4n) is 4.66. The highest BCUT2D eigenvalue weighted by atomic mass is 16.3. The molecular weight excluding hydrogens is 248 g/mol. The third-order valence-corrected chi connectivity index (χ3v) is 4.76. The second-order valence-corrected chi connectivity index (χ2v) is 8.27. The molecule has 0 aromatic carbocycles. The maximum atomic E-state index is 6.25. The van der Waals surface area contributed by atoms with Gasteiger partial charge >= 0.3 is 0 Å². The smallest absolute Gasteiger partial charge is 0.0947 e. The Morgan fingerprint density at radius 2 is 1.75 bits per heavy atom. The van der Waals surface area contributed by atoms with Crippen LogP contribution >= 0.6 is 0 Å². The molecule has 2 N–H and O–H groups in total. The number of nitrogens with zero attached hydrogens (tertiary/aromatic N) is 1. The Morgan fingerprint density at radius 1 is 1.15 bits per heavy atom. The van der Waals surface area contributed by atoms with Gasteiger partial charge in [-0.3, -0.25) is 4.90 Å². The summed E-state index contributed by atoms with van der Waals surface area (Å²) >= 11 is 0. The molecule has 2 rings (SSSR count). The van der Waals surface area contributed by atoms with Crippen LogP contribution in [0.5, 0.6) is 0 Å². The van der Waals surface area contributed by atoms with E-state index in [0.717, 1.165) is 19.4 Å². The first kappa shape index (κ1) is 15.6. The van der Waals surface area contributed by atoms with Gasteiger partial charge in [0.2, 0.25) is 0 Å². The Hall–Kier alpha value is -0.800. The van der Waals surface area contributed by atoms with Gasteiger partial charge in [-0.1, -0.05) is 27.7 Å². The van der Waals surface area contributed by atoms with E-state index >= 15 is 0 Å². The molecule has 114 valence electrons. The number of likely N-dealkylation sites (N-methyl/N-ethyl adjacent to an activating group) is 1. The van der Waals surface area contributed by atoms with Crippen molar-refractivity contribution in [2.45, 2.75) is 59.0 Å². The minimum Gasteiger partial charge on any atom is -0.472 e. The summed E-state index contributed by atoms with van der Waals surface area (Å²) in [5, 5.41) is 0. The molecule has 1 heterocycles. The molecular formula is C17H30N2O. The van der Waals surface area contributed by atoms with Crippen molar-refractivity contribution < 1.29 is 4.42 Å². The maximum absolute atomic E-state index is 6.25. The van der Waals surface area contributed by atoms with E-state index in [9.17, 15) is 0 Å². The molecule has 1 saturated carbocycles. The number of rotatable bonds is 4. The van der Waals surface area contributed by atoms with E-state index < -0.39 is 0 Å². The standard InChI is InChI=1S/C17H30N2O/c1-15(2)10-16(3,4)12-17(11-15,13-18)19(5)8-14-6-7-20-9-14/h6-7,9H,8,10-13,18H2,1-5H3. The Balaban J connectivity index is 2.23. The summed E-state index contributed by atoms with van der Waals surface area (Å²) in [4.78, 5) is 2.44. The molecule has 0 saturated heterocycles. The Kier molecular flexibility index (Phi) is 4.05. The van der Waals surface area contributed by atoms with Gasteiger partial charge < -0.3 is 10.2 Å². The number of furan rings is 1. The Labute approximate surface area is 123 Å². The summed E-state index contributed by atoms with van der Waals surface area (Å²) in [5.74, 6) is 0. The van der Waals surface area contributed by atoms with Gasteiger partial charge in [-0.05, 0) is 43.2 Å². The lowest BCUT2D eigenvalue weighted by atomic mass is 9.58. The molecule has 3 nitrogen and oxygen atoms in total. The topological polar surface area (TPSA) is 42.4 Å². The second-order valence-electron chi connectivity index (χ2n) is 8.27. The average molecular weight is 278 g/mol. The summed E-state index contributed by atoms with van der Waals surface area (Å²) in [6, 6.07) is 2.04. The first-order valence-electron chi connectivity index (χ1n) is 7.61. The van der Waals surface area contributed by atoms with Gasteiger partial charge in [0, 0.05) is 24.2 Å². The van der Waals surface area contributed by atoms with Crippen LogP contribution in [0.1, 0.15) is 52.5 Å². The molecule has 0 bridgehead atoms. The first-order chi connectivity index (χ1) is 9.18. The SMILES string of the molecule is CN(Cc1ccoc1)C1(CN)CC(C)(C)CC(C)(C)C1. The lowest BCUT2D eigenvalue weighted by Gasteiger charge is -2.55. The third-order valence-electron chi connectivity index (χ3n) is 4.76. The van der Waals surface area contributed by atoms with Gasteiger partial charge in [-0.25, -0.2) is 0 Å². The van der Waals surface area contributed by atoms with Crippen LogP contribution in [0.4, 0.5) is 0 Å². The van der Waals surface area contributed by atoms with E-state index in [0.29, 0.717) is 17.4 Å². The molecule has 3 heteroatoms. The van der Waals surface area contributed by atoms with Crippen molar-refractivity contribution in [2.24, 2.45) is 16.6 Å². The molecule has 1 aliphatic rings. The van der Waals surface area contributed by atoms with E-state index in [2.05, 4.69) is 39.6 Å². The van der Waals surface area contributed by atoms with Gasteiger partial charge in [-0.2, -0.15) is 0 Å². The lowest BCUT2D eigenvalue weighted by molar-refractivity contribution is -0.0357. The van der Waals surface area contributed by atoms with E-state index in [1.54, 1.807) is 6.26 Å². The zero-order chi connectivity index (χ0) is 15.0. The average Bonchev–Trinajstić information content (AvgIpc) is 2.77. The zero-order valence-corrected chi connectivity index (χ0v) is 13.7. The quantitative estimate of drug-likeness (QED) is 0.914. The minimum atomic E-state index is 0.0858. The Morgan fingerprint density at radius 3 is 2.20 bits per heavy atom. The summed E-state index contributed by atoms with van der Waals surface area (Å²) in [7, 11) is 2.21. The van der Waals surface area contributed by atoms with Gasteiger partial charge in [0.25, 0.3) is 0 Å². The predicted molar refractivity (Wildman–Crippen MR) is 83.4 cm³/mol.